The Balaban J connectivity index is 0.00000288. The minimum absolute atomic E-state index is 0. The molecule has 1 saturated heterocycles. The maximum atomic E-state index is 12.2. The van der Waals surface area contributed by atoms with Crippen LogP contribution in [0.3, 0.4) is 0 Å². The second-order valence-corrected chi connectivity index (χ2v) is 7.28. The van der Waals surface area contributed by atoms with Crippen molar-refractivity contribution in [3.63, 3.8) is 0 Å². The molecule has 5 N–H and O–H groups in total. The average Bonchev–Trinajstić information content (AvgIpc) is 2.99. The fourth-order valence-corrected chi connectivity index (χ4v) is 3.39. The first-order valence-corrected chi connectivity index (χ1v) is 8.71. The molecule has 1 aliphatic rings. The highest BCUT2D eigenvalue weighted by molar-refractivity contribution is 7.89. The Morgan fingerprint density at radius 3 is 2.67 bits per heavy atom. The number of sulfonamides is 1. The summed E-state index contributed by atoms with van der Waals surface area (Å²) < 4.78 is 26.5. The maximum Gasteiger partial charge on any atom is 0.265 e. The van der Waals surface area contributed by atoms with E-state index in [9.17, 15) is 18.0 Å². The van der Waals surface area contributed by atoms with Crippen LogP contribution in [0.15, 0.2) is 17.2 Å². The summed E-state index contributed by atoms with van der Waals surface area (Å²) in [4.78, 5) is 27.2. The number of nitrogens with one attached hydrogen (secondary N) is 3. The lowest BCUT2D eigenvalue weighted by atomic mass is 10.1. The summed E-state index contributed by atoms with van der Waals surface area (Å²) in [5.41, 5.74) is 5.05. The fourth-order valence-electron chi connectivity index (χ4n) is 2.42. The number of carbonyl (C=O) groups excluding carboxylic acids is 2. The SMILES string of the molecule is CC1NCCN(C(=O)CNS(=O)(=O)c2c[nH]c(C(N)=O)c2)C1C.Cl. The monoisotopic (exact) mass is 379 g/mol. The van der Waals surface area contributed by atoms with Crippen LogP contribution in [0.25, 0.3) is 0 Å². The van der Waals surface area contributed by atoms with Crippen LogP contribution in [0, 0.1) is 0 Å². The number of halogens is 1. The molecular weight excluding hydrogens is 358 g/mol. The van der Waals surface area contributed by atoms with Crippen LogP contribution in [0.1, 0.15) is 24.3 Å². The predicted molar refractivity (Wildman–Crippen MR) is 90.4 cm³/mol. The molecule has 2 atom stereocenters. The lowest BCUT2D eigenvalue weighted by Crippen LogP contribution is -2.58. The molecule has 11 heteroatoms. The Kier molecular flexibility index (Phi) is 6.78. The zero-order valence-corrected chi connectivity index (χ0v) is 15.0. The number of nitrogens with two attached hydrogens (primary N) is 1. The third-order valence-electron chi connectivity index (χ3n) is 4.00. The van der Waals surface area contributed by atoms with Crippen molar-refractivity contribution in [1.82, 2.24) is 19.9 Å². The van der Waals surface area contributed by atoms with E-state index in [-0.39, 0.29) is 47.5 Å². The molecule has 24 heavy (non-hydrogen) atoms. The molecule has 0 spiro atoms. The highest BCUT2D eigenvalue weighted by atomic mass is 35.5. The highest BCUT2D eigenvalue weighted by Gasteiger charge is 2.29. The van der Waals surface area contributed by atoms with Gasteiger partial charge in [-0.05, 0) is 19.9 Å². The topological polar surface area (TPSA) is 137 Å². The molecule has 1 aromatic heterocycles. The summed E-state index contributed by atoms with van der Waals surface area (Å²) in [6, 6.07) is 1.26. The molecule has 1 aliphatic heterocycles. The summed E-state index contributed by atoms with van der Waals surface area (Å²) in [6.45, 7) is 4.75. The van der Waals surface area contributed by atoms with E-state index in [4.69, 9.17) is 5.73 Å². The molecule has 1 aromatic rings. The van der Waals surface area contributed by atoms with Gasteiger partial charge in [-0.1, -0.05) is 0 Å². The average molecular weight is 380 g/mol. The summed E-state index contributed by atoms with van der Waals surface area (Å²) in [7, 11) is -3.89. The Morgan fingerprint density at radius 2 is 2.08 bits per heavy atom. The number of amides is 2. The third-order valence-corrected chi connectivity index (χ3v) is 5.38. The van der Waals surface area contributed by atoms with Crippen LogP contribution in [-0.4, -0.2) is 61.8 Å². The number of aromatic nitrogens is 1. The highest BCUT2D eigenvalue weighted by Crippen LogP contribution is 2.11. The van der Waals surface area contributed by atoms with E-state index in [1.165, 1.54) is 0 Å². The number of nitrogens with zero attached hydrogens (tertiary/aromatic N) is 1. The first-order valence-electron chi connectivity index (χ1n) is 7.23. The fraction of sp³-hybridized carbons (Fsp3) is 0.538. The van der Waals surface area contributed by atoms with Gasteiger partial charge in [0.15, 0.2) is 0 Å². The third kappa shape index (κ3) is 4.47. The van der Waals surface area contributed by atoms with Crippen molar-refractivity contribution in [1.29, 1.82) is 0 Å². The van der Waals surface area contributed by atoms with Gasteiger partial charge in [0.1, 0.15) is 10.6 Å². The standard InChI is InChI=1S/C13H21N5O4S.ClH/c1-8-9(2)18(4-3-15-8)12(19)7-17-23(21,22)10-5-11(13(14)20)16-6-10;/h5-6,8-9,15-17H,3-4,7H2,1-2H3,(H2,14,20);1H. The minimum atomic E-state index is -3.89. The van der Waals surface area contributed by atoms with Gasteiger partial charge in [-0.3, -0.25) is 9.59 Å². The van der Waals surface area contributed by atoms with E-state index < -0.39 is 15.9 Å². The van der Waals surface area contributed by atoms with Crippen LogP contribution in [0.5, 0.6) is 0 Å². The molecule has 0 bridgehead atoms. The summed E-state index contributed by atoms with van der Waals surface area (Å²) in [5, 5.41) is 3.25. The lowest BCUT2D eigenvalue weighted by Gasteiger charge is -2.38. The molecule has 2 unspecified atom stereocenters. The van der Waals surface area contributed by atoms with E-state index in [1.807, 2.05) is 13.8 Å². The first-order chi connectivity index (χ1) is 10.7. The maximum absolute atomic E-state index is 12.2. The molecular formula is C13H22ClN5O4S. The normalized spacial score (nSPS) is 21.2. The number of piperazine rings is 1. The van der Waals surface area contributed by atoms with Crippen molar-refractivity contribution in [2.45, 2.75) is 30.8 Å². The van der Waals surface area contributed by atoms with Crippen LogP contribution < -0.4 is 15.8 Å². The number of carbonyl (C=O) groups is 2. The summed E-state index contributed by atoms with van der Waals surface area (Å²) >= 11 is 0. The molecule has 2 heterocycles. The molecule has 0 aliphatic carbocycles. The van der Waals surface area contributed by atoms with E-state index in [1.54, 1.807) is 4.90 Å². The Hall–Kier alpha value is -1.62. The molecule has 0 aromatic carbocycles. The Morgan fingerprint density at radius 1 is 1.42 bits per heavy atom. The molecule has 1 fully saturated rings. The van der Waals surface area contributed by atoms with Gasteiger partial charge in [0.25, 0.3) is 5.91 Å². The molecule has 0 saturated carbocycles. The van der Waals surface area contributed by atoms with Gasteiger partial charge >= 0.3 is 0 Å². The zero-order chi connectivity index (χ0) is 17.2. The second kappa shape index (κ2) is 7.97. The van der Waals surface area contributed by atoms with Gasteiger partial charge in [0.2, 0.25) is 15.9 Å². The van der Waals surface area contributed by atoms with Gasteiger partial charge < -0.3 is 20.9 Å². The van der Waals surface area contributed by atoms with Crippen molar-refractivity contribution in [3.8, 4) is 0 Å². The van der Waals surface area contributed by atoms with Crippen molar-refractivity contribution in [2.24, 2.45) is 5.73 Å². The van der Waals surface area contributed by atoms with E-state index in [2.05, 4.69) is 15.0 Å². The summed E-state index contributed by atoms with van der Waals surface area (Å²) in [5.74, 6) is -1.05. The Labute approximate surface area is 146 Å². The predicted octanol–water partition coefficient (Wildman–Crippen LogP) is -0.977. The first kappa shape index (κ1) is 20.4. The van der Waals surface area contributed by atoms with Gasteiger partial charge in [-0.25, -0.2) is 13.1 Å². The van der Waals surface area contributed by atoms with Crippen LogP contribution in [0.2, 0.25) is 0 Å². The number of hydrogen-bond acceptors (Lipinski definition) is 5. The van der Waals surface area contributed by atoms with E-state index in [0.717, 1.165) is 12.3 Å². The molecule has 9 nitrogen and oxygen atoms in total. The van der Waals surface area contributed by atoms with Crippen molar-refractivity contribution in [3.05, 3.63) is 18.0 Å². The van der Waals surface area contributed by atoms with Crippen LogP contribution in [-0.2, 0) is 14.8 Å². The number of primary amides is 1. The molecule has 136 valence electrons. The minimum Gasteiger partial charge on any atom is -0.364 e. The number of rotatable bonds is 5. The van der Waals surface area contributed by atoms with Crippen molar-refractivity contribution >= 4 is 34.2 Å². The van der Waals surface area contributed by atoms with Gasteiger partial charge in [-0.15, -0.1) is 12.4 Å². The largest absolute Gasteiger partial charge is 0.364 e. The summed E-state index contributed by atoms with van der Waals surface area (Å²) in [6.07, 6.45) is 1.16. The number of hydrogen-bond donors (Lipinski definition) is 4. The van der Waals surface area contributed by atoms with Gasteiger partial charge in [0, 0.05) is 31.4 Å². The molecule has 2 amide bonds. The molecule has 2 rings (SSSR count). The number of aromatic amines is 1. The quantitative estimate of drug-likeness (QED) is 0.521. The van der Waals surface area contributed by atoms with Crippen LogP contribution >= 0.6 is 12.4 Å². The molecule has 0 radical (unpaired) electrons. The Bertz CT molecular complexity index is 705. The number of H-pyrrole nitrogens is 1. The zero-order valence-electron chi connectivity index (χ0n) is 13.4. The smallest absolute Gasteiger partial charge is 0.265 e. The van der Waals surface area contributed by atoms with Crippen molar-refractivity contribution < 1.29 is 18.0 Å². The van der Waals surface area contributed by atoms with Crippen molar-refractivity contribution in [2.75, 3.05) is 19.6 Å². The van der Waals surface area contributed by atoms with Crippen LogP contribution in [0.4, 0.5) is 0 Å². The van der Waals surface area contributed by atoms with E-state index >= 15 is 0 Å². The lowest BCUT2D eigenvalue weighted by molar-refractivity contribution is -0.133. The van der Waals surface area contributed by atoms with Gasteiger partial charge in [-0.2, -0.15) is 0 Å². The second-order valence-electron chi connectivity index (χ2n) is 5.51. The van der Waals surface area contributed by atoms with Gasteiger partial charge in [0.05, 0.1) is 6.54 Å². The van der Waals surface area contributed by atoms with E-state index in [0.29, 0.717) is 13.1 Å².